The second kappa shape index (κ2) is 9.16. The number of carbonyl (C=O) groups excluding carboxylic acids is 1. The Morgan fingerprint density at radius 3 is 2.71 bits per heavy atom. The van der Waals surface area contributed by atoms with Gasteiger partial charge >= 0.3 is 0 Å². The van der Waals surface area contributed by atoms with Crippen molar-refractivity contribution in [1.29, 1.82) is 0 Å². The third kappa shape index (κ3) is 4.52. The quantitative estimate of drug-likeness (QED) is 0.469. The van der Waals surface area contributed by atoms with Crippen LogP contribution in [0.3, 0.4) is 0 Å². The number of aromatic nitrogens is 2. The smallest absolute Gasteiger partial charge is 0.290 e. The molecule has 2 aromatic heterocycles. The van der Waals surface area contributed by atoms with Gasteiger partial charge in [-0.2, -0.15) is 0 Å². The highest BCUT2D eigenvalue weighted by Crippen LogP contribution is 2.29. The lowest BCUT2D eigenvalue weighted by Crippen LogP contribution is -2.34. The zero-order chi connectivity index (χ0) is 21.8. The van der Waals surface area contributed by atoms with Gasteiger partial charge in [0.15, 0.2) is 5.76 Å². The summed E-state index contributed by atoms with van der Waals surface area (Å²) in [6.45, 7) is 0.722. The fourth-order valence-electron chi connectivity index (χ4n) is 3.26. The number of carbonyl (C=O) groups is 1. The molecule has 0 bridgehead atoms. The van der Waals surface area contributed by atoms with Gasteiger partial charge < -0.3 is 19.0 Å². The van der Waals surface area contributed by atoms with Crippen LogP contribution in [0.1, 0.15) is 16.4 Å². The zero-order valence-electron chi connectivity index (χ0n) is 16.8. The molecule has 7 nitrogen and oxygen atoms in total. The highest BCUT2D eigenvalue weighted by molar-refractivity contribution is 6.33. The summed E-state index contributed by atoms with van der Waals surface area (Å²) in [5.74, 6) is 0.698. The molecule has 0 aliphatic carbocycles. The van der Waals surface area contributed by atoms with Gasteiger partial charge in [-0.1, -0.05) is 35.9 Å². The van der Waals surface area contributed by atoms with Crippen LogP contribution in [0.2, 0.25) is 5.02 Å². The molecule has 0 saturated carbocycles. The summed E-state index contributed by atoms with van der Waals surface area (Å²) in [7, 11) is 1.56. The normalized spacial score (nSPS) is 11.0. The van der Waals surface area contributed by atoms with E-state index in [1.807, 2.05) is 24.3 Å². The van der Waals surface area contributed by atoms with Gasteiger partial charge in [0.05, 0.1) is 29.1 Å². The van der Waals surface area contributed by atoms with Crippen molar-refractivity contribution < 1.29 is 13.9 Å². The number of methoxy groups -OCH3 is 1. The summed E-state index contributed by atoms with van der Waals surface area (Å²) in [5.41, 5.74) is 1.02. The summed E-state index contributed by atoms with van der Waals surface area (Å²) in [6, 6.07) is 17.6. The molecule has 0 aliphatic heterocycles. The monoisotopic (exact) mass is 437 g/mol. The second-order valence-corrected chi connectivity index (χ2v) is 7.30. The SMILES string of the molecule is COCCN(Cc1nc2ccccc2c(=O)[nH]1)C(=O)c1ccc(-c2ccccc2Cl)o1. The van der Waals surface area contributed by atoms with Gasteiger partial charge in [0.25, 0.3) is 11.5 Å². The molecule has 0 spiro atoms. The van der Waals surface area contributed by atoms with Crippen LogP contribution in [0.25, 0.3) is 22.2 Å². The number of furan rings is 1. The second-order valence-electron chi connectivity index (χ2n) is 6.89. The van der Waals surface area contributed by atoms with Gasteiger partial charge in [0.1, 0.15) is 11.6 Å². The number of ether oxygens (including phenoxy) is 1. The summed E-state index contributed by atoms with van der Waals surface area (Å²) in [5, 5.41) is 1.03. The lowest BCUT2D eigenvalue weighted by atomic mass is 10.2. The number of fused-ring (bicyclic) bond motifs is 1. The summed E-state index contributed by atoms with van der Waals surface area (Å²) in [6.07, 6.45) is 0. The summed E-state index contributed by atoms with van der Waals surface area (Å²) in [4.78, 5) is 34.3. The van der Waals surface area contributed by atoms with Gasteiger partial charge in [-0.15, -0.1) is 0 Å². The number of nitrogens with zero attached hydrogens (tertiary/aromatic N) is 2. The first kappa shape index (κ1) is 20.8. The maximum Gasteiger partial charge on any atom is 0.290 e. The number of amides is 1. The van der Waals surface area contributed by atoms with E-state index in [1.165, 1.54) is 4.90 Å². The highest BCUT2D eigenvalue weighted by atomic mass is 35.5. The standard InChI is InChI=1S/C23H20ClN3O4/c1-30-13-12-27(14-21-25-18-9-5-3-7-16(18)22(28)26-21)23(29)20-11-10-19(31-20)15-6-2-4-8-17(15)24/h2-11H,12-14H2,1H3,(H,25,26,28). The first-order chi connectivity index (χ1) is 15.1. The molecule has 0 aliphatic rings. The van der Waals surface area contributed by atoms with E-state index in [2.05, 4.69) is 9.97 Å². The van der Waals surface area contributed by atoms with Crippen LogP contribution in [-0.2, 0) is 11.3 Å². The van der Waals surface area contributed by atoms with Crippen molar-refractivity contribution in [1.82, 2.24) is 14.9 Å². The van der Waals surface area contributed by atoms with Crippen molar-refractivity contribution in [3.05, 3.63) is 87.6 Å². The van der Waals surface area contributed by atoms with E-state index in [1.54, 1.807) is 43.5 Å². The molecule has 0 atom stereocenters. The van der Waals surface area contributed by atoms with Crippen LogP contribution in [0.15, 0.2) is 69.9 Å². The Labute approximate surface area is 183 Å². The Morgan fingerprint density at radius 1 is 1.13 bits per heavy atom. The van der Waals surface area contributed by atoms with Gasteiger partial charge in [-0.3, -0.25) is 9.59 Å². The molecule has 1 amide bonds. The van der Waals surface area contributed by atoms with Crippen LogP contribution < -0.4 is 5.56 Å². The van der Waals surface area contributed by atoms with Gasteiger partial charge in [-0.05, 0) is 36.4 Å². The molecular formula is C23H20ClN3O4. The van der Waals surface area contributed by atoms with Gasteiger partial charge in [0, 0.05) is 19.2 Å². The molecule has 0 fully saturated rings. The largest absolute Gasteiger partial charge is 0.451 e. The van der Waals surface area contributed by atoms with Gasteiger partial charge in [0.2, 0.25) is 0 Å². The van der Waals surface area contributed by atoms with Crippen molar-refractivity contribution in [2.75, 3.05) is 20.3 Å². The first-order valence-electron chi connectivity index (χ1n) is 9.67. The van der Waals surface area contributed by atoms with Crippen LogP contribution in [-0.4, -0.2) is 41.0 Å². The molecule has 158 valence electrons. The Hall–Kier alpha value is -3.42. The average Bonchev–Trinajstić information content (AvgIpc) is 3.26. The topological polar surface area (TPSA) is 88.4 Å². The summed E-state index contributed by atoms with van der Waals surface area (Å²) < 4.78 is 10.9. The fraction of sp³-hybridized carbons (Fsp3) is 0.174. The van der Waals surface area contributed by atoms with Crippen LogP contribution in [0.5, 0.6) is 0 Å². The van der Waals surface area contributed by atoms with E-state index in [0.29, 0.717) is 46.2 Å². The van der Waals surface area contributed by atoms with E-state index in [4.69, 9.17) is 20.8 Å². The van der Waals surface area contributed by atoms with Gasteiger partial charge in [-0.25, -0.2) is 4.98 Å². The molecular weight excluding hydrogens is 418 g/mol. The number of nitrogens with one attached hydrogen (secondary N) is 1. The molecule has 31 heavy (non-hydrogen) atoms. The average molecular weight is 438 g/mol. The van der Waals surface area contributed by atoms with Crippen LogP contribution >= 0.6 is 11.6 Å². The number of benzene rings is 2. The molecule has 8 heteroatoms. The Bertz CT molecular complexity index is 1280. The Kier molecular flexibility index (Phi) is 6.16. The number of H-pyrrole nitrogens is 1. The number of halogens is 1. The van der Waals surface area contributed by atoms with Crippen molar-refractivity contribution >= 4 is 28.4 Å². The lowest BCUT2D eigenvalue weighted by Gasteiger charge is -2.20. The fourth-order valence-corrected chi connectivity index (χ4v) is 3.49. The maximum atomic E-state index is 13.2. The van der Waals surface area contributed by atoms with Crippen LogP contribution in [0, 0.1) is 0 Å². The predicted octanol–water partition coefficient (Wildman–Crippen LogP) is 4.13. The predicted molar refractivity (Wildman–Crippen MR) is 118 cm³/mol. The maximum absolute atomic E-state index is 13.2. The Morgan fingerprint density at radius 2 is 1.90 bits per heavy atom. The molecule has 0 unspecified atom stereocenters. The molecule has 2 aromatic carbocycles. The minimum atomic E-state index is -0.342. The van der Waals surface area contributed by atoms with Crippen molar-refractivity contribution in [3.8, 4) is 11.3 Å². The molecule has 0 radical (unpaired) electrons. The molecule has 2 heterocycles. The number of rotatable bonds is 7. The number of hydrogen-bond donors (Lipinski definition) is 1. The third-order valence-corrected chi connectivity index (χ3v) is 5.14. The van der Waals surface area contributed by atoms with E-state index < -0.39 is 0 Å². The van der Waals surface area contributed by atoms with Crippen LogP contribution in [0.4, 0.5) is 0 Å². The molecule has 4 aromatic rings. The molecule has 4 rings (SSSR count). The zero-order valence-corrected chi connectivity index (χ0v) is 17.6. The number of hydrogen-bond acceptors (Lipinski definition) is 5. The van der Waals surface area contributed by atoms with E-state index in [9.17, 15) is 9.59 Å². The van der Waals surface area contributed by atoms with E-state index >= 15 is 0 Å². The minimum absolute atomic E-state index is 0.102. The molecule has 0 saturated heterocycles. The van der Waals surface area contributed by atoms with E-state index in [-0.39, 0.29) is 23.8 Å². The van der Waals surface area contributed by atoms with Crippen molar-refractivity contribution in [2.24, 2.45) is 0 Å². The minimum Gasteiger partial charge on any atom is -0.451 e. The van der Waals surface area contributed by atoms with E-state index in [0.717, 1.165) is 0 Å². The lowest BCUT2D eigenvalue weighted by molar-refractivity contribution is 0.0645. The van der Waals surface area contributed by atoms with Crippen molar-refractivity contribution in [3.63, 3.8) is 0 Å². The highest BCUT2D eigenvalue weighted by Gasteiger charge is 2.21. The number of para-hydroxylation sites is 1. The Balaban J connectivity index is 1.62. The summed E-state index contributed by atoms with van der Waals surface area (Å²) >= 11 is 6.23. The number of aromatic amines is 1. The first-order valence-corrected chi connectivity index (χ1v) is 10.1. The molecule has 1 N–H and O–H groups in total. The third-order valence-electron chi connectivity index (χ3n) is 4.81. The van der Waals surface area contributed by atoms with Crippen molar-refractivity contribution in [2.45, 2.75) is 6.54 Å².